The Morgan fingerprint density at radius 3 is 2.50 bits per heavy atom. The van der Waals surface area contributed by atoms with Crippen molar-refractivity contribution in [3.63, 3.8) is 0 Å². The number of hydrogen-bond acceptors (Lipinski definition) is 6. The van der Waals surface area contributed by atoms with Crippen molar-refractivity contribution in [3.05, 3.63) is 58.0 Å². The summed E-state index contributed by atoms with van der Waals surface area (Å²) < 4.78 is 5.39. The second-order valence-electron chi connectivity index (χ2n) is 7.68. The topological polar surface area (TPSA) is 135 Å². The van der Waals surface area contributed by atoms with Gasteiger partial charge in [-0.1, -0.05) is 43.5 Å². The molecule has 1 aliphatic carbocycles. The van der Waals surface area contributed by atoms with Crippen molar-refractivity contribution < 1.29 is 19.1 Å². The van der Waals surface area contributed by atoms with Crippen molar-refractivity contribution in [1.29, 1.82) is 0 Å². The summed E-state index contributed by atoms with van der Waals surface area (Å²) in [6.45, 7) is 0. The van der Waals surface area contributed by atoms with Crippen molar-refractivity contribution in [2.45, 2.75) is 38.0 Å². The van der Waals surface area contributed by atoms with Crippen LogP contribution in [0.4, 0.5) is 0 Å². The Hall–Kier alpha value is -3.95. The Bertz CT molecular complexity index is 1220. The molecule has 1 aliphatic rings. The summed E-state index contributed by atoms with van der Waals surface area (Å²) in [5.74, 6) is -2.47. The number of amides is 2. The van der Waals surface area contributed by atoms with Crippen LogP contribution in [-0.2, 0) is 14.3 Å². The zero-order chi connectivity index (χ0) is 22.7. The summed E-state index contributed by atoms with van der Waals surface area (Å²) in [7, 11) is 1.04. The molecule has 1 fully saturated rings. The van der Waals surface area contributed by atoms with E-state index in [9.17, 15) is 19.2 Å². The van der Waals surface area contributed by atoms with Crippen molar-refractivity contribution in [1.82, 2.24) is 25.4 Å². The molecule has 0 saturated heterocycles. The first-order chi connectivity index (χ1) is 15.5. The first-order valence-electron chi connectivity index (χ1n) is 10.4. The average Bonchev–Trinajstić information content (AvgIpc) is 3.27. The lowest BCUT2D eigenvalue weighted by molar-refractivity contribution is -0.153. The summed E-state index contributed by atoms with van der Waals surface area (Å²) in [4.78, 5) is 52.1. The monoisotopic (exact) mass is 437 g/mol. The molecule has 4 rings (SSSR count). The van der Waals surface area contributed by atoms with Crippen LogP contribution in [0.25, 0.3) is 16.9 Å². The van der Waals surface area contributed by atoms with Gasteiger partial charge < -0.3 is 4.74 Å². The lowest BCUT2D eigenvalue weighted by Gasteiger charge is -2.22. The third kappa shape index (κ3) is 4.25. The lowest BCUT2D eigenvalue weighted by atomic mass is 9.84. The minimum absolute atomic E-state index is 0.0212. The van der Waals surface area contributed by atoms with E-state index in [1.165, 1.54) is 49.9 Å². The zero-order valence-electron chi connectivity index (χ0n) is 17.5. The van der Waals surface area contributed by atoms with E-state index in [4.69, 9.17) is 0 Å². The maximum Gasteiger partial charge on any atom is 0.398 e. The van der Waals surface area contributed by atoms with Crippen molar-refractivity contribution >= 4 is 23.4 Å². The van der Waals surface area contributed by atoms with Crippen molar-refractivity contribution in [2.75, 3.05) is 7.11 Å². The molecule has 2 amide bonds. The van der Waals surface area contributed by atoms with Crippen LogP contribution in [-0.4, -0.2) is 39.5 Å². The fourth-order valence-corrected chi connectivity index (χ4v) is 3.98. The van der Waals surface area contributed by atoms with Gasteiger partial charge in [-0.05, 0) is 24.3 Å². The second-order valence-corrected chi connectivity index (χ2v) is 7.68. The molecule has 0 unspecified atom stereocenters. The fraction of sp³-hybridized carbons (Fsp3) is 0.318. The molecular formula is C22H23N5O5. The van der Waals surface area contributed by atoms with E-state index in [0.717, 1.165) is 17.2 Å². The van der Waals surface area contributed by atoms with Crippen LogP contribution >= 0.6 is 0 Å². The Morgan fingerprint density at radius 2 is 1.81 bits per heavy atom. The Balaban J connectivity index is 1.59. The standard InChI is InChI=1S/C22H23N5O5/c1-32-22(31)21(30)26-25-20(29)16-12-23-27-18(28)11-17(24-19(16)27)15-9-7-14(8-10-15)13-5-3-2-4-6-13/h7-13,23H,2-6H2,1H3,(H,25,29)(H,26,30). The number of esters is 1. The van der Waals surface area contributed by atoms with E-state index in [2.05, 4.69) is 32.4 Å². The molecule has 2 heterocycles. The lowest BCUT2D eigenvalue weighted by Crippen LogP contribution is -2.45. The summed E-state index contributed by atoms with van der Waals surface area (Å²) in [5.41, 5.74) is 6.24. The quantitative estimate of drug-likeness (QED) is 0.324. The van der Waals surface area contributed by atoms with Crippen molar-refractivity contribution in [2.24, 2.45) is 0 Å². The van der Waals surface area contributed by atoms with Crippen LogP contribution < -0.4 is 16.4 Å². The summed E-state index contributed by atoms with van der Waals surface area (Å²) in [6, 6.07) is 9.40. The molecule has 0 aliphatic heterocycles. The fourth-order valence-electron chi connectivity index (χ4n) is 3.98. The van der Waals surface area contributed by atoms with Crippen molar-refractivity contribution in [3.8, 4) is 11.3 Å². The number of ether oxygens (including phenoxy) is 1. The zero-order valence-corrected chi connectivity index (χ0v) is 17.5. The number of methoxy groups -OCH3 is 1. The molecule has 166 valence electrons. The van der Waals surface area contributed by atoms with Gasteiger partial charge in [-0.3, -0.25) is 30.3 Å². The Kier molecular flexibility index (Phi) is 6.02. The van der Waals surface area contributed by atoms with Crippen LogP contribution in [0.15, 0.2) is 41.3 Å². The molecule has 10 heteroatoms. The maximum absolute atomic E-state index is 12.5. The third-order valence-electron chi connectivity index (χ3n) is 5.69. The average molecular weight is 437 g/mol. The molecule has 10 nitrogen and oxygen atoms in total. The molecule has 0 atom stereocenters. The van der Waals surface area contributed by atoms with Gasteiger partial charge in [0.15, 0.2) is 5.65 Å². The van der Waals surface area contributed by atoms with Gasteiger partial charge in [0.2, 0.25) is 0 Å². The molecule has 0 spiro atoms. The predicted octanol–water partition coefficient (Wildman–Crippen LogP) is 1.67. The van der Waals surface area contributed by atoms with E-state index in [1.54, 1.807) is 0 Å². The minimum atomic E-state index is -1.16. The normalized spacial score (nSPS) is 14.2. The van der Waals surface area contributed by atoms with Crippen LogP contribution in [0.2, 0.25) is 0 Å². The van der Waals surface area contributed by atoms with E-state index in [-0.39, 0.29) is 16.8 Å². The van der Waals surface area contributed by atoms with Gasteiger partial charge in [-0.15, -0.1) is 0 Å². The van der Waals surface area contributed by atoms with Crippen LogP contribution in [0, 0.1) is 0 Å². The number of nitrogens with one attached hydrogen (secondary N) is 3. The number of aromatic amines is 1. The Labute approximate surface area is 182 Å². The van der Waals surface area contributed by atoms with Gasteiger partial charge in [0.1, 0.15) is 5.56 Å². The number of carbonyl (C=O) groups is 3. The van der Waals surface area contributed by atoms with Crippen LogP contribution in [0.3, 0.4) is 0 Å². The summed E-state index contributed by atoms with van der Waals surface area (Å²) in [5, 5.41) is 2.67. The second kappa shape index (κ2) is 9.04. The largest absolute Gasteiger partial charge is 0.462 e. The highest BCUT2D eigenvalue weighted by molar-refractivity contribution is 6.32. The summed E-state index contributed by atoms with van der Waals surface area (Å²) >= 11 is 0. The van der Waals surface area contributed by atoms with Crippen LogP contribution in [0.5, 0.6) is 0 Å². The molecule has 1 saturated carbocycles. The number of benzene rings is 1. The highest BCUT2D eigenvalue weighted by Gasteiger charge is 2.20. The van der Waals surface area contributed by atoms with Crippen LogP contribution in [0.1, 0.15) is 53.9 Å². The van der Waals surface area contributed by atoms with Gasteiger partial charge in [-0.25, -0.2) is 14.3 Å². The molecule has 1 aromatic carbocycles. The van der Waals surface area contributed by atoms with Gasteiger partial charge in [-0.2, -0.15) is 0 Å². The van der Waals surface area contributed by atoms with Gasteiger partial charge in [0.05, 0.1) is 12.8 Å². The van der Waals surface area contributed by atoms with Gasteiger partial charge in [0.25, 0.3) is 11.5 Å². The number of hydrazine groups is 1. The molecule has 0 radical (unpaired) electrons. The van der Waals surface area contributed by atoms with Gasteiger partial charge in [0, 0.05) is 17.8 Å². The molecule has 3 N–H and O–H groups in total. The number of aromatic nitrogens is 3. The third-order valence-corrected chi connectivity index (χ3v) is 5.69. The predicted molar refractivity (Wildman–Crippen MR) is 115 cm³/mol. The number of hydrogen-bond donors (Lipinski definition) is 3. The van der Waals surface area contributed by atoms with E-state index >= 15 is 0 Å². The molecule has 2 aromatic heterocycles. The van der Waals surface area contributed by atoms with E-state index < -0.39 is 17.8 Å². The first kappa shape index (κ1) is 21.3. The number of carbonyl (C=O) groups excluding carboxylic acids is 3. The SMILES string of the molecule is COC(=O)C(=O)NNC(=O)c1c[nH]n2c(=O)cc(-c3ccc(C4CCCCC4)cc3)nc12. The smallest absolute Gasteiger partial charge is 0.398 e. The molecular weight excluding hydrogens is 414 g/mol. The van der Waals surface area contributed by atoms with E-state index in [0.29, 0.717) is 11.6 Å². The van der Waals surface area contributed by atoms with Gasteiger partial charge >= 0.3 is 11.9 Å². The number of H-pyrrole nitrogens is 1. The summed E-state index contributed by atoms with van der Waals surface area (Å²) in [6.07, 6.45) is 7.47. The maximum atomic E-state index is 12.5. The molecule has 3 aromatic rings. The number of nitrogens with zero attached hydrogens (tertiary/aromatic N) is 2. The van der Waals surface area contributed by atoms with E-state index in [1.807, 2.05) is 17.6 Å². The molecule has 0 bridgehead atoms. The number of fused-ring (bicyclic) bond motifs is 1. The highest BCUT2D eigenvalue weighted by atomic mass is 16.5. The minimum Gasteiger partial charge on any atom is -0.462 e. The number of rotatable bonds is 3. The Morgan fingerprint density at radius 1 is 1.09 bits per heavy atom. The first-order valence-corrected chi connectivity index (χ1v) is 10.4. The molecule has 32 heavy (non-hydrogen) atoms. The highest BCUT2D eigenvalue weighted by Crippen LogP contribution is 2.33.